The van der Waals surface area contributed by atoms with Crippen LogP contribution in [0.25, 0.3) is 11.3 Å². The molecule has 33 heavy (non-hydrogen) atoms. The van der Waals surface area contributed by atoms with E-state index in [2.05, 4.69) is 27.0 Å². The number of ether oxygens (including phenoxy) is 1. The Morgan fingerprint density at radius 1 is 1.12 bits per heavy atom. The van der Waals surface area contributed by atoms with Crippen molar-refractivity contribution in [2.75, 3.05) is 42.6 Å². The number of rotatable bonds is 4. The van der Waals surface area contributed by atoms with Crippen molar-refractivity contribution in [2.24, 2.45) is 7.05 Å². The van der Waals surface area contributed by atoms with Crippen LogP contribution in [0.2, 0.25) is 0 Å². The van der Waals surface area contributed by atoms with Gasteiger partial charge in [0.1, 0.15) is 6.10 Å². The number of pyridine rings is 1. The summed E-state index contributed by atoms with van der Waals surface area (Å²) in [6.45, 7) is 3.07. The van der Waals surface area contributed by atoms with Crippen LogP contribution in [0.1, 0.15) is 18.1 Å². The fourth-order valence-electron chi connectivity index (χ4n) is 4.44. The number of anilines is 2. The van der Waals surface area contributed by atoms with Gasteiger partial charge in [-0.15, -0.1) is 0 Å². The molecule has 4 heterocycles. The van der Waals surface area contributed by atoms with Gasteiger partial charge in [-0.05, 0) is 30.2 Å². The van der Waals surface area contributed by atoms with Gasteiger partial charge >= 0.3 is 0 Å². The van der Waals surface area contributed by atoms with Crippen LogP contribution < -0.4 is 15.4 Å². The molecule has 0 radical (unpaired) electrons. The Kier molecular flexibility index (Phi) is 5.82. The predicted octanol–water partition coefficient (Wildman–Crippen LogP) is 2.13. The van der Waals surface area contributed by atoms with E-state index in [4.69, 9.17) is 4.74 Å². The van der Waals surface area contributed by atoms with Crippen molar-refractivity contribution >= 4 is 11.6 Å². The molecule has 0 unspecified atom stereocenters. The quantitative estimate of drug-likeness (QED) is 0.651. The molecular weight excluding hydrogens is 425 g/mol. The highest BCUT2D eigenvalue weighted by Gasteiger charge is 2.26. The Bertz CT molecular complexity index is 1200. The maximum Gasteiger partial charge on any atom is 0.255 e. The smallest absolute Gasteiger partial charge is 0.255 e. The molecule has 2 aliphatic rings. The average molecular weight is 452 g/mol. The van der Waals surface area contributed by atoms with Crippen molar-refractivity contribution in [3.05, 3.63) is 70.5 Å². The zero-order valence-electron chi connectivity index (χ0n) is 18.4. The van der Waals surface area contributed by atoms with Crippen molar-refractivity contribution < 1.29 is 14.2 Å². The SMILES string of the molecule is Cn1c(N2CCO[C@@H](c3ccc(N4CC[C@@H](O)C4)cc3)C2)nc(-c2ccncc2F)cc1=O. The molecule has 1 aromatic carbocycles. The number of β-amino-alcohol motifs (C(OH)–C–C–N with tert-alkyl or cyclic N) is 1. The van der Waals surface area contributed by atoms with Crippen LogP contribution in [0.3, 0.4) is 0 Å². The number of aromatic nitrogens is 3. The van der Waals surface area contributed by atoms with E-state index in [0.717, 1.165) is 30.4 Å². The van der Waals surface area contributed by atoms with E-state index >= 15 is 0 Å². The van der Waals surface area contributed by atoms with Crippen LogP contribution in [-0.2, 0) is 11.8 Å². The standard InChI is InChI=1S/C24H26FN5O3/c1-28-23(32)12-21(19-6-8-26-13-20(19)25)27-24(28)30-10-11-33-22(15-30)16-2-4-17(5-3-16)29-9-7-18(31)14-29/h2-6,8,12-13,18,22,31H,7,9-11,14-15H2,1H3/t18-,22-/m1/s1. The zero-order valence-corrected chi connectivity index (χ0v) is 18.4. The van der Waals surface area contributed by atoms with Gasteiger partial charge in [-0.3, -0.25) is 14.3 Å². The molecule has 172 valence electrons. The lowest BCUT2D eigenvalue weighted by atomic mass is 10.1. The van der Waals surface area contributed by atoms with E-state index in [9.17, 15) is 14.3 Å². The van der Waals surface area contributed by atoms with E-state index in [-0.39, 0.29) is 29.0 Å². The number of morpholine rings is 1. The summed E-state index contributed by atoms with van der Waals surface area (Å²) in [6.07, 6.45) is 2.93. The molecule has 1 N–H and O–H groups in total. The molecule has 0 bridgehead atoms. The number of benzene rings is 1. The van der Waals surface area contributed by atoms with E-state index < -0.39 is 5.82 Å². The molecule has 2 atom stereocenters. The van der Waals surface area contributed by atoms with Gasteiger partial charge in [0.05, 0.1) is 31.1 Å². The highest BCUT2D eigenvalue weighted by molar-refractivity contribution is 5.60. The summed E-state index contributed by atoms with van der Waals surface area (Å²) in [5.74, 6) is -0.0423. The summed E-state index contributed by atoms with van der Waals surface area (Å²) in [7, 11) is 1.67. The Labute approximate surface area is 190 Å². The van der Waals surface area contributed by atoms with Gasteiger partial charge in [0.15, 0.2) is 5.82 Å². The molecule has 2 aliphatic heterocycles. The van der Waals surface area contributed by atoms with Gasteiger partial charge in [0.2, 0.25) is 5.95 Å². The Morgan fingerprint density at radius 3 is 2.67 bits per heavy atom. The summed E-state index contributed by atoms with van der Waals surface area (Å²) in [5, 5.41) is 9.78. The van der Waals surface area contributed by atoms with E-state index in [1.54, 1.807) is 7.05 Å². The highest BCUT2D eigenvalue weighted by atomic mass is 19.1. The number of aliphatic hydroxyl groups is 1. The van der Waals surface area contributed by atoms with Crippen LogP contribution in [0.15, 0.2) is 53.6 Å². The van der Waals surface area contributed by atoms with Gasteiger partial charge in [0.25, 0.3) is 5.56 Å². The Balaban J connectivity index is 1.39. The molecule has 3 aromatic rings. The minimum absolute atomic E-state index is 0.185. The van der Waals surface area contributed by atoms with Gasteiger partial charge in [-0.2, -0.15) is 0 Å². The summed E-state index contributed by atoms with van der Waals surface area (Å²) in [4.78, 5) is 25.2. The first kappa shape index (κ1) is 21.5. The van der Waals surface area contributed by atoms with Crippen molar-refractivity contribution in [2.45, 2.75) is 18.6 Å². The average Bonchev–Trinajstić information content (AvgIpc) is 3.27. The number of hydrogen-bond donors (Lipinski definition) is 1. The molecule has 2 fully saturated rings. The number of nitrogens with zero attached hydrogens (tertiary/aromatic N) is 5. The highest BCUT2D eigenvalue weighted by Crippen LogP contribution is 2.29. The second-order valence-electron chi connectivity index (χ2n) is 8.48. The van der Waals surface area contributed by atoms with Crippen LogP contribution >= 0.6 is 0 Å². The first-order valence-electron chi connectivity index (χ1n) is 11.1. The van der Waals surface area contributed by atoms with E-state index in [1.165, 1.54) is 22.9 Å². The molecule has 9 heteroatoms. The van der Waals surface area contributed by atoms with Gasteiger partial charge in [-0.1, -0.05) is 12.1 Å². The molecule has 0 saturated carbocycles. The predicted molar refractivity (Wildman–Crippen MR) is 123 cm³/mol. The Morgan fingerprint density at radius 2 is 1.94 bits per heavy atom. The van der Waals surface area contributed by atoms with Crippen molar-refractivity contribution in [3.8, 4) is 11.3 Å². The fraction of sp³-hybridized carbons (Fsp3) is 0.375. The molecule has 2 aromatic heterocycles. The topological polar surface area (TPSA) is 83.7 Å². The summed E-state index contributed by atoms with van der Waals surface area (Å²) in [5.41, 5.74) is 2.39. The third-order valence-corrected chi connectivity index (χ3v) is 6.30. The third-order valence-electron chi connectivity index (χ3n) is 6.30. The fourth-order valence-corrected chi connectivity index (χ4v) is 4.44. The first-order chi connectivity index (χ1) is 16.0. The van der Waals surface area contributed by atoms with E-state index in [0.29, 0.717) is 32.2 Å². The minimum atomic E-state index is -0.519. The lowest BCUT2D eigenvalue weighted by Gasteiger charge is -2.34. The van der Waals surface area contributed by atoms with Crippen LogP contribution in [-0.4, -0.2) is 58.5 Å². The largest absolute Gasteiger partial charge is 0.391 e. The molecule has 5 rings (SSSR count). The second-order valence-corrected chi connectivity index (χ2v) is 8.48. The summed E-state index contributed by atoms with van der Waals surface area (Å²) < 4.78 is 21.8. The second kappa shape index (κ2) is 8.92. The zero-order chi connectivity index (χ0) is 22.9. The summed E-state index contributed by atoms with van der Waals surface area (Å²) in [6, 6.07) is 11.1. The van der Waals surface area contributed by atoms with Crippen LogP contribution in [0.5, 0.6) is 0 Å². The number of halogens is 1. The molecule has 0 spiro atoms. The van der Waals surface area contributed by atoms with Crippen LogP contribution in [0, 0.1) is 5.82 Å². The Hall–Kier alpha value is -3.30. The molecular formula is C24H26FN5O3. The molecule has 0 aliphatic carbocycles. The third kappa shape index (κ3) is 4.34. The normalized spacial score (nSPS) is 20.9. The van der Waals surface area contributed by atoms with Gasteiger partial charge < -0.3 is 19.6 Å². The number of aliphatic hydroxyl groups excluding tert-OH is 1. The van der Waals surface area contributed by atoms with Crippen molar-refractivity contribution in [1.82, 2.24) is 14.5 Å². The maximum absolute atomic E-state index is 14.3. The summed E-state index contributed by atoms with van der Waals surface area (Å²) >= 11 is 0. The van der Waals surface area contributed by atoms with Crippen LogP contribution in [0.4, 0.5) is 16.0 Å². The minimum Gasteiger partial charge on any atom is -0.391 e. The lowest BCUT2D eigenvalue weighted by molar-refractivity contribution is 0.0390. The van der Waals surface area contributed by atoms with Crippen molar-refractivity contribution in [1.29, 1.82) is 0 Å². The van der Waals surface area contributed by atoms with Gasteiger partial charge in [0, 0.05) is 50.2 Å². The molecule has 8 nitrogen and oxygen atoms in total. The van der Waals surface area contributed by atoms with Gasteiger partial charge in [-0.25, -0.2) is 9.37 Å². The monoisotopic (exact) mass is 451 g/mol. The maximum atomic E-state index is 14.3. The molecule has 2 saturated heterocycles. The van der Waals surface area contributed by atoms with Crippen molar-refractivity contribution in [3.63, 3.8) is 0 Å². The van der Waals surface area contributed by atoms with E-state index in [1.807, 2.05) is 17.0 Å². The lowest BCUT2D eigenvalue weighted by Crippen LogP contribution is -2.41. The molecule has 0 amide bonds. The number of hydrogen-bond acceptors (Lipinski definition) is 7. The first-order valence-corrected chi connectivity index (χ1v) is 11.1.